The Morgan fingerprint density at radius 3 is 2.63 bits per heavy atom. The fourth-order valence-electron chi connectivity index (χ4n) is 3.80. The van der Waals surface area contributed by atoms with Crippen molar-refractivity contribution in [2.75, 3.05) is 0 Å². The topological polar surface area (TPSA) is 104 Å². The molecule has 35 heavy (non-hydrogen) atoms. The van der Waals surface area contributed by atoms with E-state index in [0.717, 1.165) is 28.1 Å². The smallest absolute Gasteiger partial charge is 0.261 e. The van der Waals surface area contributed by atoms with Gasteiger partial charge in [0.2, 0.25) is 0 Å². The number of carbonyl (C=O) groups is 1. The predicted octanol–water partition coefficient (Wildman–Crippen LogP) is 4.17. The first-order valence-electron chi connectivity index (χ1n) is 10.6. The Kier molecular flexibility index (Phi) is 6.73. The molecule has 0 spiro atoms. The van der Waals surface area contributed by atoms with Crippen molar-refractivity contribution in [1.82, 2.24) is 20.1 Å². The summed E-state index contributed by atoms with van der Waals surface area (Å²) >= 11 is 1.27. The Balaban J connectivity index is 1.62. The molecular formula is C25H21F2N5O2S. The van der Waals surface area contributed by atoms with Crippen molar-refractivity contribution >= 4 is 17.2 Å². The maximum Gasteiger partial charge on any atom is 0.261 e. The van der Waals surface area contributed by atoms with Gasteiger partial charge in [0.15, 0.2) is 0 Å². The second-order valence-electron chi connectivity index (χ2n) is 8.15. The summed E-state index contributed by atoms with van der Waals surface area (Å²) in [5.74, 6) is -2.17. The van der Waals surface area contributed by atoms with Crippen LogP contribution in [0.15, 0.2) is 61.2 Å². The summed E-state index contributed by atoms with van der Waals surface area (Å²) in [4.78, 5) is 18.3. The number of benzene rings is 2. The zero-order valence-electron chi connectivity index (χ0n) is 18.9. The van der Waals surface area contributed by atoms with E-state index < -0.39 is 29.2 Å². The molecule has 0 unspecified atom stereocenters. The van der Waals surface area contributed by atoms with Gasteiger partial charge in [-0.3, -0.25) is 4.79 Å². The Morgan fingerprint density at radius 2 is 2.00 bits per heavy atom. The normalized spacial score (nSPS) is 13.6. The predicted molar refractivity (Wildman–Crippen MR) is 126 cm³/mol. The molecule has 0 fully saturated rings. The summed E-state index contributed by atoms with van der Waals surface area (Å²) in [6.45, 7) is 3.11. The van der Waals surface area contributed by atoms with Crippen molar-refractivity contribution in [2.24, 2.45) is 0 Å². The lowest BCUT2D eigenvalue weighted by Gasteiger charge is -2.35. The first-order chi connectivity index (χ1) is 16.7. The molecule has 7 nitrogen and oxygen atoms in total. The molecule has 4 rings (SSSR count). The molecule has 2 N–H and O–H groups in total. The summed E-state index contributed by atoms with van der Waals surface area (Å²) in [5.41, 5.74) is -0.00795. The van der Waals surface area contributed by atoms with Crippen LogP contribution in [0.5, 0.6) is 0 Å². The van der Waals surface area contributed by atoms with Crippen LogP contribution in [0.1, 0.15) is 33.3 Å². The molecule has 2 atom stereocenters. The Labute approximate surface area is 204 Å². The minimum Gasteiger partial charge on any atom is -0.381 e. The molecule has 1 amide bonds. The van der Waals surface area contributed by atoms with Crippen molar-refractivity contribution in [1.29, 1.82) is 5.26 Å². The minimum atomic E-state index is -1.96. The minimum absolute atomic E-state index is 0.177. The lowest BCUT2D eigenvalue weighted by atomic mass is 9.86. The van der Waals surface area contributed by atoms with Gasteiger partial charge in [-0.25, -0.2) is 18.4 Å². The first kappa shape index (κ1) is 24.2. The summed E-state index contributed by atoms with van der Waals surface area (Å²) in [5, 5.41) is 27.3. The maximum absolute atomic E-state index is 14.7. The van der Waals surface area contributed by atoms with E-state index in [2.05, 4.69) is 21.5 Å². The van der Waals surface area contributed by atoms with Gasteiger partial charge < -0.3 is 10.4 Å². The number of nitrogens with zero attached hydrogens (tertiary/aromatic N) is 4. The third-order valence-corrected chi connectivity index (χ3v) is 7.04. The number of amides is 1. The highest BCUT2D eigenvalue weighted by atomic mass is 32.1. The number of carbonyl (C=O) groups excluding carboxylic acids is 1. The van der Waals surface area contributed by atoms with Crippen LogP contribution in [-0.4, -0.2) is 31.8 Å². The van der Waals surface area contributed by atoms with Crippen LogP contribution < -0.4 is 5.32 Å². The standard InChI is InChI=1S/C25H21F2N5O2S/c1-15-9-22(18-5-3-17(11-28)4-6-18)35-23(15)24(33)31-16(2)25(34,12-32-14-29-13-30-32)20-8-7-19(26)10-21(20)27/h3-10,13-14,16,34H,12H2,1-2H3,(H,31,33)/t16-,25-/m1/s1. The van der Waals surface area contributed by atoms with Crippen LogP contribution in [-0.2, 0) is 12.1 Å². The summed E-state index contributed by atoms with van der Waals surface area (Å²) in [6.07, 6.45) is 2.62. The molecule has 0 saturated heterocycles. The highest BCUT2D eigenvalue weighted by Crippen LogP contribution is 2.33. The van der Waals surface area contributed by atoms with Gasteiger partial charge in [0.1, 0.15) is 29.9 Å². The van der Waals surface area contributed by atoms with E-state index in [1.807, 2.05) is 18.2 Å². The van der Waals surface area contributed by atoms with E-state index in [4.69, 9.17) is 5.26 Å². The van der Waals surface area contributed by atoms with Crippen molar-refractivity contribution in [3.8, 4) is 16.5 Å². The van der Waals surface area contributed by atoms with Crippen LogP contribution in [0.4, 0.5) is 8.78 Å². The molecule has 2 heterocycles. The van der Waals surface area contributed by atoms with Gasteiger partial charge >= 0.3 is 0 Å². The second kappa shape index (κ2) is 9.74. The number of hydrogen-bond acceptors (Lipinski definition) is 6. The highest BCUT2D eigenvalue weighted by molar-refractivity contribution is 7.17. The number of rotatable bonds is 7. The van der Waals surface area contributed by atoms with Gasteiger partial charge in [0.25, 0.3) is 5.91 Å². The lowest BCUT2D eigenvalue weighted by molar-refractivity contribution is -0.0185. The molecule has 0 saturated carbocycles. The van der Waals surface area contributed by atoms with E-state index in [0.29, 0.717) is 16.5 Å². The van der Waals surface area contributed by atoms with E-state index in [-0.39, 0.29) is 12.1 Å². The van der Waals surface area contributed by atoms with Crippen molar-refractivity contribution < 1.29 is 18.7 Å². The zero-order valence-corrected chi connectivity index (χ0v) is 19.7. The molecule has 0 aliphatic heterocycles. The molecular weight excluding hydrogens is 472 g/mol. The number of aryl methyl sites for hydroxylation is 1. The number of nitriles is 1. The maximum atomic E-state index is 14.7. The number of hydrogen-bond donors (Lipinski definition) is 2. The SMILES string of the molecule is Cc1cc(-c2ccc(C#N)cc2)sc1C(=O)N[C@H](C)[C@](O)(Cn1cncn1)c1ccc(F)cc1F. The van der Waals surface area contributed by atoms with Crippen molar-refractivity contribution in [3.05, 3.63) is 94.4 Å². The van der Waals surface area contributed by atoms with Gasteiger partial charge in [0, 0.05) is 16.5 Å². The third kappa shape index (κ3) is 4.96. The fraction of sp³-hybridized carbons (Fsp3) is 0.200. The van der Waals surface area contributed by atoms with Crippen LogP contribution in [0, 0.1) is 29.9 Å². The Morgan fingerprint density at radius 1 is 1.26 bits per heavy atom. The summed E-state index contributed by atoms with van der Waals surface area (Å²) in [6, 6.07) is 12.9. The van der Waals surface area contributed by atoms with Crippen molar-refractivity contribution in [3.63, 3.8) is 0 Å². The molecule has 0 bridgehead atoms. The van der Waals surface area contributed by atoms with Crippen molar-refractivity contribution in [2.45, 2.75) is 32.0 Å². The van der Waals surface area contributed by atoms with Gasteiger partial charge in [-0.05, 0) is 49.2 Å². The summed E-state index contributed by atoms with van der Waals surface area (Å²) in [7, 11) is 0. The Hall–Kier alpha value is -3.94. The average Bonchev–Trinajstić information content (AvgIpc) is 3.48. The lowest BCUT2D eigenvalue weighted by Crippen LogP contribution is -2.51. The summed E-state index contributed by atoms with van der Waals surface area (Å²) < 4.78 is 29.6. The number of aromatic nitrogens is 3. The number of halogens is 2. The number of thiophene rings is 1. The van der Waals surface area contributed by atoms with E-state index in [9.17, 15) is 18.7 Å². The van der Waals surface area contributed by atoms with Gasteiger partial charge in [0.05, 0.1) is 29.1 Å². The molecule has 0 radical (unpaired) electrons. The van der Waals surface area contributed by atoms with Gasteiger partial charge in [-0.15, -0.1) is 11.3 Å². The number of nitrogens with one attached hydrogen (secondary N) is 1. The molecule has 2 aromatic heterocycles. The van der Waals surface area contributed by atoms with Crippen LogP contribution >= 0.6 is 11.3 Å². The van der Waals surface area contributed by atoms with Crippen LogP contribution in [0.3, 0.4) is 0 Å². The second-order valence-corrected chi connectivity index (χ2v) is 9.20. The molecule has 0 aliphatic rings. The van der Waals surface area contributed by atoms with Gasteiger partial charge in [-0.1, -0.05) is 18.2 Å². The largest absolute Gasteiger partial charge is 0.381 e. The Bertz CT molecular complexity index is 1400. The average molecular weight is 494 g/mol. The monoisotopic (exact) mass is 493 g/mol. The van der Waals surface area contributed by atoms with E-state index >= 15 is 0 Å². The highest BCUT2D eigenvalue weighted by Gasteiger charge is 2.40. The molecule has 2 aromatic carbocycles. The molecule has 4 aromatic rings. The molecule has 0 aliphatic carbocycles. The van der Waals surface area contributed by atoms with Crippen LogP contribution in [0.25, 0.3) is 10.4 Å². The van der Waals surface area contributed by atoms with Gasteiger partial charge in [-0.2, -0.15) is 10.4 Å². The zero-order chi connectivity index (χ0) is 25.2. The first-order valence-corrected chi connectivity index (χ1v) is 11.4. The van der Waals surface area contributed by atoms with Crippen LogP contribution in [0.2, 0.25) is 0 Å². The fourth-order valence-corrected chi connectivity index (χ4v) is 4.88. The van der Waals surface area contributed by atoms with E-state index in [1.165, 1.54) is 28.7 Å². The third-order valence-electron chi connectivity index (χ3n) is 5.75. The quantitative estimate of drug-likeness (QED) is 0.402. The molecule has 178 valence electrons. The van der Waals surface area contributed by atoms with E-state index in [1.54, 1.807) is 26.0 Å². The number of aliphatic hydroxyl groups is 1. The molecule has 10 heteroatoms.